The summed E-state index contributed by atoms with van der Waals surface area (Å²) in [6.45, 7) is 1.59. The Bertz CT molecular complexity index is 786. The van der Waals surface area contributed by atoms with Crippen molar-refractivity contribution in [1.29, 1.82) is 0 Å². The van der Waals surface area contributed by atoms with Crippen LogP contribution in [-0.2, 0) is 6.61 Å². The van der Waals surface area contributed by atoms with E-state index in [0.717, 1.165) is 25.7 Å². The predicted octanol–water partition coefficient (Wildman–Crippen LogP) is 3.77. The molecule has 0 saturated carbocycles. The Morgan fingerprint density at radius 3 is 2.56 bits per heavy atom. The number of amides is 1. The van der Waals surface area contributed by atoms with Crippen molar-refractivity contribution < 1.29 is 18.7 Å². The Labute approximate surface area is 146 Å². The second-order valence-corrected chi connectivity index (χ2v) is 7.20. The third kappa shape index (κ3) is 2.86. The normalized spacial score (nSPS) is 25.4. The van der Waals surface area contributed by atoms with Gasteiger partial charge in [0.1, 0.15) is 18.2 Å². The van der Waals surface area contributed by atoms with Crippen LogP contribution in [0.15, 0.2) is 34.7 Å². The molecule has 1 aromatic carbocycles. The molecule has 2 aliphatic heterocycles. The van der Waals surface area contributed by atoms with Crippen LogP contribution in [0.2, 0.25) is 0 Å². The quantitative estimate of drug-likeness (QED) is 0.923. The number of rotatable bonds is 3. The highest BCUT2D eigenvalue weighted by atomic mass is 19.1. The number of aliphatic hydroxyl groups is 1. The Kier molecular flexibility index (Phi) is 4.12. The van der Waals surface area contributed by atoms with Gasteiger partial charge in [0.25, 0.3) is 5.91 Å². The number of carbonyl (C=O) groups is 1. The molecule has 3 atom stereocenters. The van der Waals surface area contributed by atoms with Gasteiger partial charge in [-0.05, 0) is 67.9 Å². The Balaban J connectivity index is 1.53. The van der Waals surface area contributed by atoms with Crippen LogP contribution in [0.25, 0.3) is 0 Å². The van der Waals surface area contributed by atoms with Crippen molar-refractivity contribution in [2.24, 2.45) is 0 Å². The molecule has 0 aliphatic carbocycles. The first-order chi connectivity index (χ1) is 12.1. The molecular formula is C20H22FNO3. The summed E-state index contributed by atoms with van der Waals surface area (Å²) >= 11 is 0. The van der Waals surface area contributed by atoms with Crippen LogP contribution in [-0.4, -0.2) is 28.0 Å². The molecule has 132 valence electrons. The van der Waals surface area contributed by atoms with E-state index < -0.39 is 0 Å². The molecule has 4 rings (SSSR count). The molecule has 25 heavy (non-hydrogen) atoms. The van der Waals surface area contributed by atoms with Crippen molar-refractivity contribution in [2.45, 2.75) is 57.2 Å². The molecule has 0 radical (unpaired) electrons. The molecule has 1 aromatic heterocycles. The standard InChI is InChI=1S/C20H22FNO3/c1-12-8-13(2-6-18(12)21)14-9-15-3-4-16(10-14)22(15)20(24)19-7-5-17(11-23)25-19/h2,5-8,14-16,23H,3-4,9-11H2,1H3/t14?,15-,16+. The molecule has 2 aromatic rings. The van der Waals surface area contributed by atoms with Gasteiger partial charge < -0.3 is 14.4 Å². The third-order valence-electron chi connectivity index (χ3n) is 5.65. The number of furan rings is 1. The number of benzene rings is 1. The lowest BCUT2D eigenvalue weighted by molar-refractivity contribution is 0.0535. The Hall–Kier alpha value is -2.14. The molecule has 2 fully saturated rings. The van der Waals surface area contributed by atoms with Crippen LogP contribution in [0.1, 0.15) is 59.0 Å². The van der Waals surface area contributed by atoms with Crippen molar-refractivity contribution >= 4 is 5.91 Å². The number of hydrogen-bond acceptors (Lipinski definition) is 3. The minimum absolute atomic E-state index is 0.0825. The molecule has 2 aliphatic rings. The average molecular weight is 343 g/mol. The van der Waals surface area contributed by atoms with Crippen LogP contribution >= 0.6 is 0 Å². The largest absolute Gasteiger partial charge is 0.453 e. The highest BCUT2D eigenvalue weighted by Crippen LogP contribution is 2.44. The van der Waals surface area contributed by atoms with Crippen molar-refractivity contribution in [3.05, 3.63) is 58.8 Å². The zero-order valence-corrected chi connectivity index (χ0v) is 14.2. The summed E-state index contributed by atoms with van der Waals surface area (Å²) in [6, 6.07) is 9.05. The highest BCUT2D eigenvalue weighted by molar-refractivity contribution is 5.92. The van der Waals surface area contributed by atoms with Crippen LogP contribution in [0.3, 0.4) is 0 Å². The van der Waals surface area contributed by atoms with Crippen LogP contribution < -0.4 is 0 Å². The van der Waals surface area contributed by atoms with Gasteiger partial charge >= 0.3 is 0 Å². The highest BCUT2D eigenvalue weighted by Gasteiger charge is 2.44. The number of hydrogen-bond donors (Lipinski definition) is 1. The van der Waals surface area contributed by atoms with E-state index in [1.165, 1.54) is 5.56 Å². The van der Waals surface area contributed by atoms with Crippen LogP contribution in [0.5, 0.6) is 0 Å². The van der Waals surface area contributed by atoms with E-state index in [1.54, 1.807) is 25.1 Å². The molecule has 5 heteroatoms. The lowest BCUT2D eigenvalue weighted by atomic mass is 9.84. The Morgan fingerprint density at radius 2 is 1.96 bits per heavy atom. The number of piperidine rings is 1. The number of fused-ring (bicyclic) bond motifs is 2. The van der Waals surface area contributed by atoms with Crippen LogP contribution in [0.4, 0.5) is 4.39 Å². The number of nitrogens with zero attached hydrogens (tertiary/aromatic N) is 1. The van der Waals surface area contributed by atoms with Gasteiger partial charge in [-0.15, -0.1) is 0 Å². The third-order valence-corrected chi connectivity index (χ3v) is 5.65. The fraction of sp³-hybridized carbons (Fsp3) is 0.450. The lowest BCUT2D eigenvalue weighted by Crippen LogP contribution is -2.46. The minimum Gasteiger partial charge on any atom is -0.453 e. The summed E-state index contributed by atoms with van der Waals surface area (Å²) in [5, 5.41) is 9.12. The average Bonchev–Trinajstić information content (AvgIpc) is 3.19. The molecule has 1 N–H and O–H groups in total. The van der Waals surface area contributed by atoms with E-state index in [9.17, 15) is 9.18 Å². The first kappa shape index (κ1) is 16.3. The second-order valence-electron chi connectivity index (χ2n) is 7.20. The van der Waals surface area contributed by atoms with Gasteiger partial charge in [0.15, 0.2) is 5.76 Å². The SMILES string of the molecule is Cc1cc(C2C[C@H]3CC[C@@H](C2)N3C(=O)c2ccc(CO)o2)ccc1F. The van der Waals surface area contributed by atoms with Gasteiger partial charge in [-0.25, -0.2) is 4.39 Å². The first-order valence-electron chi connectivity index (χ1n) is 8.85. The smallest absolute Gasteiger partial charge is 0.290 e. The molecule has 2 saturated heterocycles. The fourth-order valence-corrected chi connectivity index (χ4v) is 4.41. The molecule has 2 bridgehead atoms. The Morgan fingerprint density at radius 1 is 1.24 bits per heavy atom. The topological polar surface area (TPSA) is 53.7 Å². The van der Waals surface area contributed by atoms with E-state index in [-0.39, 0.29) is 30.4 Å². The number of halogens is 1. The molecule has 3 heterocycles. The minimum atomic E-state index is -0.202. The molecular weight excluding hydrogens is 321 g/mol. The fourth-order valence-electron chi connectivity index (χ4n) is 4.41. The van der Waals surface area contributed by atoms with Gasteiger partial charge in [0.05, 0.1) is 0 Å². The van der Waals surface area contributed by atoms with Crippen molar-refractivity contribution in [2.75, 3.05) is 0 Å². The number of aryl methyl sites for hydroxylation is 1. The predicted molar refractivity (Wildman–Crippen MR) is 90.7 cm³/mol. The van der Waals surface area contributed by atoms with Gasteiger partial charge in [0.2, 0.25) is 0 Å². The van der Waals surface area contributed by atoms with Crippen LogP contribution in [0, 0.1) is 12.7 Å². The summed E-state index contributed by atoms with van der Waals surface area (Å²) in [7, 11) is 0. The maximum atomic E-state index is 13.5. The lowest BCUT2D eigenvalue weighted by Gasteiger charge is -2.38. The summed E-state index contributed by atoms with van der Waals surface area (Å²) in [5.74, 6) is 0.827. The monoisotopic (exact) mass is 343 g/mol. The summed E-state index contributed by atoms with van der Waals surface area (Å²) in [6.07, 6.45) is 3.81. The second kappa shape index (κ2) is 6.30. The summed E-state index contributed by atoms with van der Waals surface area (Å²) in [5.41, 5.74) is 1.85. The van der Waals surface area contributed by atoms with E-state index in [4.69, 9.17) is 9.52 Å². The number of aliphatic hydroxyl groups excluding tert-OH is 1. The van der Waals surface area contributed by atoms with Gasteiger partial charge in [0, 0.05) is 12.1 Å². The van der Waals surface area contributed by atoms with Gasteiger partial charge in [-0.3, -0.25) is 4.79 Å². The van der Waals surface area contributed by atoms with Gasteiger partial charge in [-0.1, -0.05) is 12.1 Å². The van der Waals surface area contributed by atoms with Crippen molar-refractivity contribution in [3.8, 4) is 0 Å². The van der Waals surface area contributed by atoms with Crippen molar-refractivity contribution in [3.63, 3.8) is 0 Å². The van der Waals surface area contributed by atoms with E-state index in [1.807, 2.05) is 17.0 Å². The molecule has 1 unspecified atom stereocenters. The van der Waals surface area contributed by atoms with Crippen molar-refractivity contribution in [1.82, 2.24) is 4.90 Å². The van der Waals surface area contributed by atoms with E-state index in [0.29, 0.717) is 23.0 Å². The zero-order chi connectivity index (χ0) is 17.6. The summed E-state index contributed by atoms with van der Waals surface area (Å²) in [4.78, 5) is 14.8. The van der Waals surface area contributed by atoms with E-state index in [2.05, 4.69) is 0 Å². The molecule has 1 amide bonds. The molecule has 0 spiro atoms. The number of carbonyl (C=O) groups excluding carboxylic acids is 1. The summed E-state index contributed by atoms with van der Waals surface area (Å²) < 4.78 is 19.0. The zero-order valence-electron chi connectivity index (χ0n) is 14.2. The molecule has 4 nitrogen and oxygen atoms in total. The maximum Gasteiger partial charge on any atom is 0.290 e. The van der Waals surface area contributed by atoms with Gasteiger partial charge in [-0.2, -0.15) is 0 Å². The van der Waals surface area contributed by atoms with E-state index >= 15 is 0 Å². The maximum absolute atomic E-state index is 13.5. The first-order valence-corrected chi connectivity index (χ1v) is 8.85.